The van der Waals surface area contributed by atoms with E-state index in [4.69, 9.17) is 0 Å². The fourth-order valence-corrected chi connectivity index (χ4v) is 5.17. The molecule has 0 unspecified atom stereocenters. The van der Waals surface area contributed by atoms with Crippen LogP contribution in [-0.2, 0) is 5.72 Å². The Labute approximate surface area is 154 Å². The van der Waals surface area contributed by atoms with Gasteiger partial charge in [0.05, 0.1) is 6.54 Å². The van der Waals surface area contributed by atoms with Gasteiger partial charge in [-0.1, -0.05) is 35.9 Å². The molecule has 3 nitrogen and oxygen atoms in total. The Kier molecular flexibility index (Phi) is 4.13. The molecule has 0 radical (unpaired) electrons. The first-order valence-electron chi connectivity index (χ1n) is 8.91. The third-order valence-corrected chi connectivity index (χ3v) is 6.36. The first-order chi connectivity index (χ1) is 12.0. The summed E-state index contributed by atoms with van der Waals surface area (Å²) in [6, 6.07) is 14.9. The highest BCUT2D eigenvalue weighted by Gasteiger charge is 2.53. The molecule has 1 N–H and O–H groups in total. The number of anilines is 1. The van der Waals surface area contributed by atoms with E-state index in [1.165, 1.54) is 16.3 Å². The smallest absolute Gasteiger partial charge is 0.316 e. The van der Waals surface area contributed by atoms with Crippen LogP contribution in [0.15, 0.2) is 42.5 Å². The number of rotatable bonds is 2. The maximum Gasteiger partial charge on any atom is 0.316 e. The van der Waals surface area contributed by atoms with Gasteiger partial charge in [0.1, 0.15) is 5.69 Å². The Morgan fingerprint density at radius 2 is 1.88 bits per heavy atom. The van der Waals surface area contributed by atoms with Crippen LogP contribution in [0, 0.1) is 20.8 Å². The van der Waals surface area contributed by atoms with Gasteiger partial charge in [0, 0.05) is 11.3 Å². The van der Waals surface area contributed by atoms with Gasteiger partial charge in [0.2, 0.25) is 0 Å². The van der Waals surface area contributed by atoms with E-state index in [0.29, 0.717) is 6.54 Å². The summed E-state index contributed by atoms with van der Waals surface area (Å²) in [6.07, 6.45) is 1.10. The van der Waals surface area contributed by atoms with Crippen molar-refractivity contribution in [3.8, 4) is 0 Å². The summed E-state index contributed by atoms with van der Waals surface area (Å²) in [5.74, 6) is 1.11. The lowest BCUT2D eigenvalue weighted by atomic mass is 9.95. The fourth-order valence-electron chi connectivity index (χ4n) is 3.99. The molecular formula is C21H25N2OS+. The van der Waals surface area contributed by atoms with Gasteiger partial charge in [0.15, 0.2) is 6.54 Å². The maximum atomic E-state index is 11.8. The molecule has 0 saturated heterocycles. The lowest BCUT2D eigenvalue weighted by molar-refractivity contribution is -0.656. The molecule has 0 aromatic heterocycles. The molecule has 0 fully saturated rings. The summed E-state index contributed by atoms with van der Waals surface area (Å²) in [6.45, 7) is 7.79. The van der Waals surface area contributed by atoms with E-state index in [0.717, 1.165) is 35.5 Å². The predicted molar refractivity (Wildman–Crippen MR) is 106 cm³/mol. The van der Waals surface area contributed by atoms with Crippen molar-refractivity contribution in [2.45, 2.75) is 32.9 Å². The zero-order valence-corrected chi connectivity index (χ0v) is 15.9. The number of thioether (sulfide) groups is 1. The molecule has 2 aromatic carbocycles. The number of aryl methyl sites for hydroxylation is 3. The van der Waals surface area contributed by atoms with Crippen molar-refractivity contribution in [2.24, 2.45) is 0 Å². The molecule has 0 saturated carbocycles. The minimum atomic E-state index is -0.968. The van der Waals surface area contributed by atoms with Crippen molar-refractivity contribution in [1.82, 2.24) is 0 Å². The standard InChI is InChI=1S/C21H25N2OS/c1-15-6-4-7-18(13-15)22-14-21(24,23-10-5-11-25-20(22)23)19-9-8-16(2)12-17(19)3/h4,6-9,12-13,24H,5,10-11,14H2,1-3H3/q+1/t21-/m1/s1. The second-order valence-corrected chi connectivity index (χ2v) is 8.26. The first kappa shape index (κ1) is 16.7. The number of nitrogens with zero attached hydrogens (tertiary/aromatic N) is 2. The van der Waals surface area contributed by atoms with Gasteiger partial charge in [-0.25, -0.2) is 9.48 Å². The summed E-state index contributed by atoms with van der Waals surface area (Å²) in [7, 11) is 0. The Hall–Kier alpha value is -1.78. The molecule has 130 valence electrons. The van der Waals surface area contributed by atoms with Crippen molar-refractivity contribution in [1.29, 1.82) is 0 Å². The van der Waals surface area contributed by atoms with Crippen LogP contribution in [-0.4, -0.2) is 33.7 Å². The van der Waals surface area contributed by atoms with Crippen molar-refractivity contribution < 1.29 is 9.68 Å². The largest absolute Gasteiger partial charge is 0.346 e. The van der Waals surface area contributed by atoms with Gasteiger partial charge in [0.25, 0.3) is 5.72 Å². The van der Waals surface area contributed by atoms with Gasteiger partial charge in [-0.15, -0.1) is 0 Å². The second-order valence-electron chi connectivity index (χ2n) is 7.20. The van der Waals surface area contributed by atoms with Crippen LogP contribution in [0.1, 0.15) is 28.7 Å². The molecule has 0 bridgehead atoms. The molecule has 2 aliphatic rings. The van der Waals surface area contributed by atoms with E-state index < -0.39 is 5.72 Å². The summed E-state index contributed by atoms with van der Waals surface area (Å²) in [4.78, 5) is 2.29. The summed E-state index contributed by atoms with van der Waals surface area (Å²) in [5.41, 5.74) is 4.85. The highest BCUT2D eigenvalue weighted by Crippen LogP contribution is 2.38. The van der Waals surface area contributed by atoms with Crippen molar-refractivity contribution in [2.75, 3.05) is 23.7 Å². The maximum absolute atomic E-state index is 11.8. The lowest BCUT2D eigenvalue weighted by Crippen LogP contribution is -2.42. The van der Waals surface area contributed by atoms with Gasteiger partial charge in [-0.05, 0) is 62.2 Å². The Balaban J connectivity index is 1.83. The topological polar surface area (TPSA) is 26.5 Å². The third kappa shape index (κ3) is 2.77. The summed E-state index contributed by atoms with van der Waals surface area (Å²) < 4.78 is 2.21. The van der Waals surface area contributed by atoms with E-state index in [-0.39, 0.29) is 0 Å². The number of benzene rings is 2. The van der Waals surface area contributed by atoms with Crippen LogP contribution in [0.2, 0.25) is 0 Å². The monoisotopic (exact) mass is 353 g/mol. The summed E-state index contributed by atoms with van der Waals surface area (Å²) >= 11 is 1.86. The molecule has 2 aliphatic heterocycles. The van der Waals surface area contributed by atoms with E-state index in [1.807, 2.05) is 11.8 Å². The molecule has 0 amide bonds. The molecule has 2 heterocycles. The molecule has 0 aliphatic carbocycles. The average molecular weight is 354 g/mol. The molecule has 0 spiro atoms. The van der Waals surface area contributed by atoms with E-state index in [2.05, 4.69) is 72.7 Å². The molecule has 4 heteroatoms. The van der Waals surface area contributed by atoms with Gasteiger partial charge >= 0.3 is 5.17 Å². The minimum absolute atomic E-state index is 0.572. The zero-order chi connectivity index (χ0) is 17.6. The molecular weight excluding hydrogens is 328 g/mol. The molecule has 2 aromatic rings. The Bertz CT molecular complexity index is 861. The lowest BCUT2D eigenvalue weighted by Gasteiger charge is -2.26. The Morgan fingerprint density at radius 1 is 1.08 bits per heavy atom. The SMILES string of the molecule is Cc1cccc(N2C[C@@](O)(c3ccc(C)cc3C)[N+]3=C2SCCC3)c1. The summed E-state index contributed by atoms with van der Waals surface area (Å²) in [5, 5.41) is 13.0. The van der Waals surface area contributed by atoms with Crippen molar-refractivity contribution in [3.63, 3.8) is 0 Å². The van der Waals surface area contributed by atoms with E-state index in [1.54, 1.807) is 0 Å². The van der Waals surface area contributed by atoms with Crippen LogP contribution >= 0.6 is 11.8 Å². The van der Waals surface area contributed by atoms with Crippen LogP contribution in [0.5, 0.6) is 0 Å². The zero-order valence-electron chi connectivity index (χ0n) is 15.1. The van der Waals surface area contributed by atoms with Crippen LogP contribution in [0.4, 0.5) is 5.69 Å². The average Bonchev–Trinajstić information content (AvgIpc) is 2.89. The van der Waals surface area contributed by atoms with Crippen LogP contribution < -0.4 is 4.90 Å². The Morgan fingerprint density at radius 3 is 2.64 bits per heavy atom. The predicted octanol–water partition coefficient (Wildman–Crippen LogP) is 3.78. The molecule has 1 atom stereocenters. The van der Waals surface area contributed by atoms with Crippen molar-refractivity contribution in [3.05, 3.63) is 64.7 Å². The quantitative estimate of drug-likeness (QED) is 0.832. The molecule has 4 rings (SSSR count). The minimum Gasteiger partial charge on any atom is -0.346 e. The number of hydrogen-bond donors (Lipinski definition) is 1. The highest BCUT2D eigenvalue weighted by atomic mass is 32.2. The third-order valence-electron chi connectivity index (χ3n) is 5.17. The van der Waals surface area contributed by atoms with Crippen LogP contribution in [0.3, 0.4) is 0 Å². The highest BCUT2D eigenvalue weighted by molar-refractivity contribution is 8.13. The molecule has 25 heavy (non-hydrogen) atoms. The van der Waals surface area contributed by atoms with Crippen LogP contribution in [0.25, 0.3) is 0 Å². The number of β-amino-alcohol motifs (C(OH)–C–C–N with tert-alkyl or cyclic N) is 1. The van der Waals surface area contributed by atoms with Gasteiger partial charge < -0.3 is 5.11 Å². The van der Waals surface area contributed by atoms with E-state index in [9.17, 15) is 5.11 Å². The first-order valence-corrected chi connectivity index (χ1v) is 9.89. The normalized spacial score (nSPS) is 23.1. The van der Waals surface area contributed by atoms with Gasteiger partial charge in [-0.2, -0.15) is 0 Å². The van der Waals surface area contributed by atoms with Gasteiger partial charge in [-0.3, -0.25) is 0 Å². The number of amidine groups is 1. The van der Waals surface area contributed by atoms with E-state index >= 15 is 0 Å². The van der Waals surface area contributed by atoms with Crippen molar-refractivity contribution >= 4 is 22.6 Å². The fraction of sp³-hybridized carbons (Fsp3) is 0.381. The second kappa shape index (κ2) is 6.19. The number of aliphatic hydroxyl groups is 1. The number of hydrogen-bond acceptors (Lipinski definition) is 3.